The minimum atomic E-state index is -0.727. The number of hydrogen-bond acceptors (Lipinski definition) is 5. The molecule has 182 valence electrons. The van der Waals surface area contributed by atoms with E-state index in [0.717, 1.165) is 58.0 Å². The molecule has 5 heteroatoms. The highest BCUT2D eigenvalue weighted by Gasteiger charge is 2.73. The predicted molar refractivity (Wildman–Crippen MR) is 121 cm³/mol. The number of hydrogen-bond donors (Lipinski definition) is 3. The summed E-state index contributed by atoms with van der Waals surface area (Å²) in [5, 5.41) is 33.8. The molecule has 2 aliphatic heterocycles. The SMILES string of the molecule is C[C@@H]1CC[C@@]2(OC1)O[C@H]1C[C@H]3[C@@H]4CC[C@H]5C[C@@H](O)CC[C@]5(C)[C@H]4[C@H](O)[C@@H](O)[C@]3(C)[C@H]1[C@@H]2C. The van der Waals surface area contributed by atoms with E-state index in [1.807, 2.05) is 0 Å². The van der Waals surface area contributed by atoms with Crippen molar-refractivity contribution >= 4 is 0 Å². The molecule has 0 radical (unpaired) electrons. The van der Waals surface area contributed by atoms with Gasteiger partial charge in [-0.3, -0.25) is 0 Å². The lowest BCUT2D eigenvalue weighted by molar-refractivity contribution is -0.278. The third-order valence-corrected chi connectivity index (χ3v) is 12.0. The number of fused-ring (bicyclic) bond motifs is 7. The zero-order chi connectivity index (χ0) is 22.6. The highest BCUT2D eigenvalue weighted by molar-refractivity contribution is 5.20. The third-order valence-electron chi connectivity index (χ3n) is 12.0. The van der Waals surface area contributed by atoms with Gasteiger partial charge in [0.25, 0.3) is 0 Å². The zero-order valence-electron chi connectivity index (χ0n) is 20.4. The van der Waals surface area contributed by atoms with Gasteiger partial charge in [-0.1, -0.05) is 27.7 Å². The fraction of sp³-hybridized carbons (Fsp3) is 1.00. The molecule has 4 saturated carbocycles. The number of aliphatic hydroxyl groups is 3. The van der Waals surface area contributed by atoms with Crippen LogP contribution in [0.4, 0.5) is 0 Å². The Bertz CT molecular complexity index is 748. The Balaban J connectivity index is 1.33. The molecule has 4 aliphatic carbocycles. The summed E-state index contributed by atoms with van der Waals surface area (Å²) in [5.41, 5.74) is -0.324. The maximum atomic E-state index is 11.8. The van der Waals surface area contributed by atoms with E-state index in [-0.39, 0.29) is 40.8 Å². The van der Waals surface area contributed by atoms with Crippen LogP contribution in [0.15, 0.2) is 0 Å². The van der Waals surface area contributed by atoms with Crippen molar-refractivity contribution in [3.8, 4) is 0 Å². The van der Waals surface area contributed by atoms with Crippen LogP contribution in [0.1, 0.15) is 79.1 Å². The number of aliphatic hydroxyl groups excluding tert-OH is 3. The molecule has 3 N–H and O–H groups in total. The lowest BCUT2D eigenvalue weighted by Crippen LogP contribution is -2.65. The van der Waals surface area contributed by atoms with Crippen molar-refractivity contribution < 1.29 is 24.8 Å². The van der Waals surface area contributed by atoms with Gasteiger partial charge in [0.05, 0.1) is 31.0 Å². The largest absolute Gasteiger partial charge is 0.393 e. The summed E-state index contributed by atoms with van der Waals surface area (Å²) >= 11 is 0. The first-order valence-corrected chi connectivity index (χ1v) is 13.5. The van der Waals surface area contributed by atoms with Crippen LogP contribution < -0.4 is 0 Å². The van der Waals surface area contributed by atoms with Gasteiger partial charge in [-0.25, -0.2) is 0 Å². The number of ether oxygens (including phenoxy) is 2. The lowest BCUT2D eigenvalue weighted by atomic mass is 9.43. The van der Waals surface area contributed by atoms with E-state index >= 15 is 0 Å². The second-order valence-corrected chi connectivity index (χ2v) is 13.3. The molecule has 6 fully saturated rings. The van der Waals surface area contributed by atoms with Gasteiger partial charge in [0.15, 0.2) is 5.79 Å². The minimum Gasteiger partial charge on any atom is -0.393 e. The van der Waals surface area contributed by atoms with Crippen LogP contribution in [0.2, 0.25) is 0 Å². The highest BCUT2D eigenvalue weighted by atomic mass is 16.7. The molecule has 14 atom stereocenters. The van der Waals surface area contributed by atoms with Crippen molar-refractivity contribution in [2.45, 2.75) is 109 Å². The number of rotatable bonds is 0. The van der Waals surface area contributed by atoms with Crippen LogP contribution in [0.5, 0.6) is 0 Å². The normalized spacial score (nSPS) is 64.0. The van der Waals surface area contributed by atoms with Crippen LogP contribution in [0, 0.1) is 52.3 Å². The van der Waals surface area contributed by atoms with E-state index in [4.69, 9.17) is 9.47 Å². The molecule has 6 aliphatic rings. The smallest absolute Gasteiger partial charge is 0.171 e. The molecule has 32 heavy (non-hydrogen) atoms. The summed E-state index contributed by atoms with van der Waals surface area (Å²) in [6.45, 7) is 9.88. The first-order valence-electron chi connectivity index (χ1n) is 13.5. The minimum absolute atomic E-state index is 0.0118. The van der Waals surface area contributed by atoms with Crippen molar-refractivity contribution in [2.24, 2.45) is 52.3 Å². The summed E-state index contributed by atoms with van der Waals surface area (Å²) in [6.07, 6.45) is 6.44. The lowest BCUT2D eigenvalue weighted by Gasteiger charge is -2.64. The first kappa shape index (κ1) is 22.3. The molecule has 2 saturated heterocycles. The Hall–Kier alpha value is -0.200. The quantitative estimate of drug-likeness (QED) is 0.526. The van der Waals surface area contributed by atoms with E-state index in [1.54, 1.807) is 0 Å². The van der Waals surface area contributed by atoms with Crippen LogP contribution in [0.3, 0.4) is 0 Å². The summed E-state index contributed by atoms with van der Waals surface area (Å²) < 4.78 is 13.2. The standard InChI is InChI=1S/C27H44O5/c1-14-7-10-27(31-13-14)15(2)21-20(32-27)12-19-18-6-5-16-11-17(28)8-9-25(16,3)22(18)23(29)24(30)26(19,21)4/h14-24,28-30H,5-13H2,1-4H3/t14-,15+,16+,17+,18+,19+,20+,21+,22-,23+,24-,25+,26+,27-/m1/s1. The molecule has 0 amide bonds. The van der Waals surface area contributed by atoms with E-state index < -0.39 is 18.0 Å². The summed E-state index contributed by atoms with van der Waals surface area (Å²) in [6, 6.07) is 0. The van der Waals surface area contributed by atoms with Crippen molar-refractivity contribution in [3.63, 3.8) is 0 Å². The maximum Gasteiger partial charge on any atom is 0.171 e. The monoisotopic (exact) mass is 448 g/mol. The predicted octanol–water partition coefficient (Wildman–Crippen LogP) is 3.74. The van der Waals surface area contributed by atoms with Crippen molar-refractivity contribution in [1.29, 1.82) is 0 Å². The molecule has 1 spiro atoms. The first-order chi connectivity index (χ1) is 15.1. The van der Waals surface area contributed by atoms with E-state index in [2.05, 4.69) is 27.7 Å². The molecule has 0 unspecified atom stereocenters. The van der Waals surface area contributed by atoms with E-state index in [9.17, 15) is 15.3 Å². The molecule has 2 heterocycles. The topological polar surface area (TPSA) is 79.2 Å². The van der Waals surface area contributed by atoms with Crippen molar-refractivity contribution in [2.75, 3.05) is 6.61 Å². The summed E-state index contributed by atoms with van der Waals surface area (Å²) in [5.74, 6) is 1.92. The highest BCUT2D eigenvalue weighted by Crippen LogP contribution is 2.71. The Morgan fingerprint density at radius 3 is 2.38 bits per heavy atom. The zero-order valence-corrected chi connectivity index (χ0v) is 20.4. The van der Waals surface area contributed by atoms with Gasteiger partial charge in [0, 0.05) is 23.7 Å². The van der Waals surface area contributed by atoms with Gasteiger partial charge in [-0.2, -0.15) is 0 Å². The molecular formula is C27H44O5. The van der Waals surface area contributed by atoms with E-state index in [0.29, 0.717) is 23.7 Å². The van der Waals surface area contributed by atoms with Crippen molar-refractivity contribution in [1.82, 2.24) is 0 Å². The second kappa shape index (κ2) is 7.16. The van der Waals surface area contributed by atoms with Crippen LogP contribution in [-0.4, -0.2) is 52.1 Å². The third kappa shape index (κ3) is 2.69. The van der Waals surface area contributed by atoms with Gasteiger partial charge in [0.2, 0.25) is 0 Å². The Morgan fingerprint density at radius 2 is 1.66 bits per heavy atom. The van der Waals surface area contributed by atoms with Crippen LogP contribution in [-0.2, 0) is 9.47 Å². The average molecular weight is 449 g/mol. The Kier molecular flexibility index (Phi) is 4.99. The molecule has 0 aromatic heterocycles. The van der Waals surface area contributed by atoms with Gasteiger partial charge in [0.1, 0.15) is 0 Å². The second-order valence-electron chi connectivity index (χ2n) is 13.3. The summed E-state index contributed by atoms with van der Waals surface area (Å²) in [4.78, 5) is 0. The fourth-order valence-electron chi connectivity index (χ4n) is 10.3. The fourth-order valence-corrected chi connectivity index (χ4v) is 10.3. The van der Waals surface area contributed by atoms with Gasteiger partial charge < -0.3 is 24.8 Å². The Morgan fingerprint density at radius 1 is 0.875 bits per heavy atom. The molecular weight excluding hydrogens is 404 g/mol. The van der Waals surface area contributed by atoms with Crippen LogP contribution in [0.25, 0.3) is 0 Å². The van der Waals surface area contributed by atoms with Gasteiger partial charge >= 0.3 is 0 Å². The van der Waals surface area contributed by atoms with E-state index in [1.165, 1.54) is 0 Å². The molecule has 0 aromatic rings. The average Bonchev–Trinajstić information content (AvgIpc) is 3.20. The van der Waals surface area contributed by atoms with Crippen molar-refractivity contribution in [3.05, 3.63) is 0 Å². The van der Waals surface area contributed by atoms with Gasteiger partial charge in [-0.05, 0) is 80.0 Å². The molecule has 6 rings (SSSR count). The van der Waals surface area contributed by atoms with Gasteiger partial charge in [-0.15, -0.1) is 0 Å². The Labute approximate surface area is 193 Å². The maximum absolute atomic E-state index is 11.8. The summed E-state index contributed by atoms with van der Waals surface area (Å²) in [7, 11) is 0. The van der Waals surface area contributed by atoms with Crippen LogP contribution >= 0.6 is 0 Å². The molecule has 0 aromatic carbocycles. The molecule has 5 nitrogen and oxygen atoms in total. The molecule has 0 bridgehead atoms.